The SMILES string of the molecule is O=C(COC(=O)Cc1ccccc1F)NCCc1ccc(Cl)cc1Cl. The summed E-state index contributed by atoms with van der Waals surface area (Å²) < 4.78 is 18.3. The predicted octanol–water partition coefficient (Wildman–Crippen LogP) is 3.58. The van der Waals surface area contributed by atoms with Gasteiger partial charge in [-0.3, -0.25) is 9.59 Å². The van der Waals surface area contributed by atoms with E-state index in [1.165, 1.54) is 18.2 Å². The zero-order chi connectivity index (χ0) is 18.2. The summed E-state index contributed by atoms with van der Waals surface area (Å²) in [5.74, 6) is -1.59. The van der Waals surface area contributed by atoms with Crippen LogP contribution in [0.25, 0.3) is 0 Å². The number of hydrogen-bond acceptors (Lipinski definition) is 3. The van der Waals surface area contributed by atoms with Gasteiger partial charge in [0.1, 0.15) is 5.82 Å². The molecule has 0 aliphatic carbocycles. The third kappa shape index (κ3) is 6.36. The molecule has 0 saturated heterocycles. The van der Waals surface area contributed by atoms with Gasteiger partial charge in [0.05, 0.1) is 6.42 Å². The molecule has 25 heavy (non-hydrogen) atoms. The second-order valence-corrected chi connectivity index (χ2v) is 6.11. The van der Waals surface area contributed by atoms with E-state index in [0.717, 1.165) is 5.56 Å². The Morgan fingerprint density at radius 2 is 1.84 bits per heavy atom. The number of nitrogens with one attached hydrogen (secondary N) is 1. The van der Waals surface area contributed by atoms with E-state index >= 15 is 0 Å². The van der Waals surface area contributed by atoms with Crippen molar-refractivity contribution in [2.75, 3.05) is 13.2 Å². The molecular formula is C18H16Cl2FNO3. The maximum Gasteiger partial charge on any atom is 0.310 e. The van der Waals surface area contributed by atoms with E-state index < -0.39 is 24.3 Å². The highest BCUT2D eigenvalue weighted by Crippen LogP contribution is 2.21. The quantitative estimate of drug-likeness (QED) is 0.743. The Morgan fingerprint density at radius 1 is 1.08 bits per heavy atom. The van der Waals surface area contributed by atoms with Gasteiger partial charge in [0, 0.05) is 16.6 Å². The molecule has 0 saturated carbocycles. The minimum absolute atomic E-state index is 0.222. The van der Waals surface area contributed by atoms with Crippen LogP contribution in [0.3, 0.4) is 0 Å². The molecule has 7 heteroatoms. The molecule has 1 amide bonds. The lowest BCUT2D eigenvalue weighted by Gasteiger charge is -2.08. The van der Waals surface area contributed by atoms with Gasteiger partial charge in [0.15, 0.2) is 6.61 Å². The molecule has 2 rings (SSSR count). The number of ether oxygens (including phenoxy) is 1. The average Bonchev–Trinajstić information content (AvgIpc) is 2.57. The Hall–Kier alpha value is -2.11. The van der Waals surface area contributed by atoms with Crippen LogP contribution in [0.15, 0.2) is 42.5 Å². The Balaban J connectivity index is 1.70. The van der Waals surface area contributed by atoms with Crippen molar-refractivity contribution >= 4 is 35.1 Å². The van der Waals surface area contributed by atoms with E-state index in [-0.39, 0.29) is 12.0 Å². The molecule has 0 aliphatic rings. The van der Waals surface area contributed by atoms with Crippen LogP contribution in [0.5, 0.6) is 0 Å². The Kier molecular flexibility index (Phi) is 7.22. The summed E-state index contributed by atoms with van der Waals surface area (Å²) >= 11 is 11.9. The monoisotopic (exact) mass is 383 g/mol. The number of esters is 1. The summed E-state index contributed by atoms with van der Waals surface area (Å²) in [6.45, 7) is -0.0767. The molecular weight excluding hydrogens is 368 g/mol. The normalized spacial score (nSPS) is 10.4. The van der Waals surface area contributed by atoms with E-state index in [2.05, 4.69) is 5.32 Å². The van der Waals surface area contributed by atoms with Crippen LogP contribution in [0.2, 0.25) is 10.0 Å². The largest absolute Gasteiger partial charge is 0.455 e. The molecule has 4 nitrogen and oxygen atoms in total. The van der Waals surface area contributed by atoms with Gasteiger partial charge < -0.3 is 10.1 Å². The molecule has 0 atom stereocenters. The van der Waals surface area contributed by atoms with Gasteiger partial charge in [0.2, 0.25) is 0 Å². The fourth-order valence-corrected chi connectivity index (χ4v) is 2.61. The van der Waals surface area contributed by atoms with Crippen molar-refractivity contribution in [2.45, 2.75) is 12.8 Å². The second kappa shape index (κ2) is 9.39. The molecule has 0 bridgehead atoms. The molecule has 0 spiro atoms. The Morgan fingerprint density at radius 3 is 2.56 bits per heavy atom. The molecule has 0 fully saturated rings. The fraction of sp³-hybridized carbons (Fsp3) is 0.222. The maximum atomic E-state index is 13.4. The van der Waals surface area contributed by atoms with Gasteiger partial charge in [0.25, 0.3) is 5.91 Å². The summed E-state index contributed by atoms with van der Waals surface area (Å²) in [7, 11) is 0. The zero-order valence-corrected chi connectivity index (χ0v) is 14.7. The first-order chi connectivity index (χ1) is 12.0. The lowest BCUT2D eigenvalue weighted by Crippen LogP contribution is -2.30. The number of hydrogen-bond donors (Lipinski definition) is 1. The predicted molar refractivity (Wildman–Crippen MR) is 94.2 cm³/mol. The number of amides is 1. The standard InChI is InChI=1S/C18H16Cl2FNO3/c19-14-6-5-12(15(20)10-14)7-8-22-17(23)11-25-18(24)9-13-3-1-2-4-16(13)21/h1-6,10H,7-9,11H2,(H,22,23). The topological polar surface area (TPSA) is 55.4 Å². The van der Waals surface area contributed by atoms with Crippen molar-refractivity contribution in [1.82, 2.24) is 5.32 Å². The van der Waals surface area contributed by atoms with Crippen LogP contribution in [-0.2, 0) is 27.2 Å². The van der Waals surface area contributed by atoms with Crippen LogP contribution in [-0.4, -0.2) is 25.0 Å². The van der Waals surface area contributed by atoms with E-state index in [9.17, 15) is 14.0 Å². The van der Waals surface area contributed by atoms with Crippen LogP contribution in [0, 0.1) is 5.82 Å². The molecule has 2 aromatic rings. The minimum atomic E-state index is -0.666. The van der Waals surface area contributed by atoms with Gasteiger partial charge in [-0.2, -0.15) is 0 Å². The van der Waals surface area contributed by atoms with Crippen LogP contribution >= 0.6 is 23.2 Å². The number of halogens is 3. The fourth-order valence-electron chi connectivity index (χ4n) is 2.11. The van der Waals surface area contributed by atoms with Gasteiger partial charge in [-0.1, -0.05) is 47.5 Å². The van der Waals surface area contributed by atoms with Gasteiger partial charge in [-0.25, -0.2) is 4.39 Å². The zero-order valence-electron chi connectivity index (χ0n) is 13.2. The van der Waals surface area contributed by atoms with Crippen molar-refractivity contribution < 1.29 is 18.7 Å². The lowest BCUT2D eigenvalue weighted by molar-refractivity contribution is -0.147. The highest BCUT2D eigenvalue weighted by atomic mass is 35.5. The lowest BCUT2D eigenvalue weighted by atomic mass is 10.1. The Bertz CT molecular complexity index is 768. The summed E-state index contributed by atoms with van der Waals surface area (Å²) in [4.78, 5) is 23.3. The molecule has 132 valence electrons. The Labute approximate surface area is 154 Å². The molecule has 0 radical (unpaired) electrons. The van der Waals surface area contributed by atoms with Gasteiger partial charge in [-0.15, -0.1) is 0 Å². The first-order valence-corrected chi connectivity index (χ1v) is 8.31. The van der Waals surface area contributed by atoms with Crippen molar-refractivity contribution in [3.05, 3.63) is 69.5 Å². The van der Waals surface area contributed by atoms with E-state index in [4.69, 9.17) is 27.9 Å². The summed E-state index contributed by atoms with van der Waals surface area (Å²) in [6.07, 6.45) is 0.297. The summed E-state index contributed by atoms with van der Waals surface area (Å²) in [5.41, 5.74) is 1.08. The summed E-state index contributed by atoms with van der Waals surface area (Å²) in [5, 5.41) is 3.69. The number of rotatable bonds is 7. The highest BCUT2D eigenvalue weighted by molar-refractivity contribution is 6.35. The highest BCUT2D eigenvalue weighted by Gasteiger charge is 2.11. The maximum absolute atomic E-state index is 13.4. The van der Waals surface area contributed by atoms with E-state index in [0.29, 0.717) is 23.0 Å². The molecule has 1 N–H and O–H groups in total. The second-order valence-electron chi connectivity index (χ2n) is 5.26. The average molecular weight is 384 g/mol. The third-order valence-electron chi connectivity index (χ3n) is 3.39. The van der Waals surface area contributed by atoms with E-state index in [1.54, 1.807) is 24.3 Å². The van der Waals surface area contributed by atoms with E-state index in [1.807, 2.05) is 0 Å². The van der Waals surface area contributed by atoms with Crippen LogP contribution < -0.4 is 5.32 Å². The molecule has 2 aromatic carbocycles. The van der Waals surface area contributed by atoms with Gasteiger partial charge >= 0.3 is 5.97 Å². The minimum Gasteiger partial charge on any atom is -0.455 e. The first kappa shape index (κ1) is 19.2. The van der Waals surface area contributed by atoms with Crippen molar-refractivity contribution in [3.8, 4) is 0 Å². The first-order valence-electron chi connectivity index (χ1n) is 7.55. The third-order valence-corrected chi connectivity index (χ3v) is 3.98. The molecule has 0 aliphatic heterocycles. The number of carbonyl (C=O) groups is 2. The summed E-state index contributed by atoms with van der Waals surface area (Å²) in [6, 6.07) is 11.0. The number of benzene rings is 2. The number of carbonyl (C=O) groups excluding carboxylic acids is 2. The van der Waals surface area contributed by atoms with Crippen LogP contribution in [0.1, 0.15) is 11.1 Å². The van der Waals surface area contributed by atoms with Crippen molar-refractivity contribution in [2.24, 2.45) is 0 Å². The molecule has 0 heterocycles. The van der Waals surface area contributed by atoms with Crippen molar-refractivity contribution in [3.63, 3.8) is 0 Å². The van der Waals surface area contributed by atoms with Gasteiger partial charge in [-0.05, 0) is 35.7 Å². The van der Waals surface area contributed by atoms with Crippen molar-refractivity contribution in [1.29, 1.82) is 0 Å². The van der Waals surface area contributed by atoms with Crippen LogP contribution in [0.4, 0.5) is 4.39 Å². The molecule has 0 unspecified atom stereocenters. The smallest absolute Gasteiger partial charge is 0.310 e. The molecule has 0 aromatic heterocycles.